The zero-order valence-corrected chi connectivity index (χ0v) is 21.6. The summed E-state index contributed by atoms with van der Waals surface area (Å²) in [7, 11) is 0. The predicted octanol–water partition coefficient (Wildman–Crippen LogP) is 5.24. The van der Waals surface area contributed by atoms with Crippen LogP contribution < -0.4 is 0 Å². The molecule has 7 heteroatoms. The van der Waals surface area contributed by atoms with Crippen LogP contribution in [0.3, 0.4) is 0 Å². The van der Waals surface area contributed by atoms with Gasteiger partial charge < -0.3 is 19.3 Å². The van der Waals surface area contributed by atoms with Crippen LogP contribution >= 0.6 is 0 Å². The number of ketones is 1. The number of carbonyl (C=O) groups excluding carboxylic acids is 3. The highest BCUT2D eigenvalue weighted by atomic mass is 16.6. The number of allylic oxidation sites excluding steroid dienone is 2. The molecule has 0 aliphatic carbocycles. The van der Waals surface area contributed by atoms with E-state index in [1.165, 1.54) is 19.9 Å². The smallest absolute Gasteiger partial charge is 0.338 e. The van der Waals surface area contributed by atoms with Crippen LogP contribution in [0.15, 0.2) is 30.3 Å². The molecule has 1 aromatic rings. The lowest BCUT2D eigenvalue weighted by Gasteiger charge is -2.27. The monoisotopic (exact) mass is 476 g/mol. The average molecular weight is 477 g/mol. The van der Waals surface area contributed by atoms with Gasteiger partial charge in [0.2, 0.25) is 0 Å². The number of hydrogen-bond donors (Lipinski definition) is 1. The summed E-state index contributed by atoms with van der Waals surface area (Å²) in [6.45, 7) is 12.5. The molecule has 0 saturated heterocycles. The molecule has 1 rings (SSSR count). The van der Waals surface area contributed by atoms with Gasteiger partial charge in [-0.05, 0) is 83.7 Å². The molecule has 1 aromatic carbocycles. The number of esters is 2. The van der Waals surface area contributed by atoms with E-state index in [4.69, 9.17) is 14.2 Å². The van der Waals surface area contributed by atoms with Gasteiger partial charge in [-0.25, -0.2) is 4.79 Å². The van der Waals surface area contributed by atoms with Gasteiger partial charge in [-0.2, -0.15) is 0 Å². The SMILES string of the molecule is CCCCOC(=O)c1ccc(/C(C)=C/C(=O)CC[C@H](CC(=O)OC(C)(C)C)OC(C)(C)O)cc1. The van der Waals surface area contributed by atoms with Crippen molar-refractivity contribution in [1.82, 2.24) is 0 Å². The number of rotatable bonds is 13. The third-order valence-electron chi connectivity index (χ3n) is 4.67. The Kier molecular flexibility index (Phi) is 11.6. The first-order valence-corrected chi connectivity index (χ1v) is 11.8. The van der Waals surface area contributed by atoms with Gasteiger partial charge in [-0.1, -0.05) is 25.5 Å². The zero-order valence-electron chi connectivity index (χ0n) is 21.6. The van der Waals surface area contributed by atoms with Crippen LogP contribution in [-0.2, 0) is 23.8 Å². The van der Waals surface area contributed by atoms with Crippen LogP contribution in [0, 0.1) is 0 Å². The number of ether oxygens (including phenoxy) is 3. The third kappa shape index (κ3) is 12.7. The van der Waals surface area contributed by atoms with Crippen molar-refractivity contribution in [2.24, 2.45) is 0 Å². The quantitative estimate of drug-likeness (QED) is 0.180. The fourth-order valence-corrected chi connectivity index (χ4v) is 3.14. The van der Waals surface area contributed by atoms with Crippen molar-refractivity contribution in [2.45, 2.75) is 98.1 Å². The summed E-state index contributed by atoms with van der Waals surface area (Å²) in [5.74, 6) is -2.38. The number of unbranched alkanes of at least 4 members (excludes halogenated alkanes) is 1. The van der Waals surface area contributed by atoms with Gasteiger partial charge in [0.15, 0.2) is 11.6 Å². The van der Waals surface area contributed by atoms with Gasteiger partial charge in [0.05, 0.1) is 24.7 Å². The normalized spacial score (nSPS) is 13.4. The van der Waals surface area contributed by atoms with E-state index in [0.717, 1.165) is 24.0 Å². The lowest BCUT2D eigenvalue weighted by molar-refractivity contribution is -0.211. The highest BCUT2D eigenvalue weighted by molar-refractivity contribution is 5.96. The maximum absolute atomic E-state index is 12.5. The van der Waals surface area contributed by atoms with Crippen LogP contribution in [0.4, 0.5) is 0 Å². The van der Waals surface area contributed by atoms with E-state index in [-0.39, 0.29) is 31.0 Å². The first kappa shape index (κ1) is 29.5. The maximum atomic E-state index is 12.5. The van der Waals surface area contributed by atoms with Crippen molar-refractivity contribution in [2.75, 3.05) is 6.61 Å². The molecule has 0 amide bonds. The Balaban J connectivity index is 2.73. The summed E-state index contributed by atoms with van der Waals surface area (Å²) in [5, 5.41) is 10.0. The van der Waals surface area contributed by atoms with E-state index in [9.17, 15) is 19.5 Å². The van der Waals surface area contributed by atoms with E-state index in [1.807, 2.05) is 13.8 Å². The number of hydrogen-bond acceptors (Lipinski definition) is 7. The Bertz CT molecular complexity index is 839. The average Bonchev–Trinajstić information content (AvgIpc) is 2.69. The van der Waals surface area contributed by atoms with Crippen molar-refractivity contribution in [3.63, 3.8) is 0 Å². The van der Waals surface area contributed by atoms with Crippen molar-refractivity contribution in [3.8, 4) is 0 Å². The fraction of sp³-hybridized carbons (Fsp3) is 0.593. The molecule has 0 saturated carbocycles. The molecule has 0 aliphatic rings. The lowest BCUT2D eigenvalue weighted by atomic mass is 10.0. The number of aliphatic hydroxyl groups is 1. The minimum Gasteiger partial charge on any atom is -0.462 e. The first-order chi connectivity index (χ1) is 15.7. The molecule has 0 aromatic heterocycles. The predicted molar refractivity (Wildman–Crippen MR) is 131 cm³/mol. The third-order valence-corrected chi connectivity index (χ3v) is 4.67. The minimum absolute atomic E-state index is 0.0624. The minimum atomic E-state index is -1.44. The fourth-order valence-electron chi connectivity index (χ4n) is 3.14. The second-order valence-electron chi connectivity index (χ2n) is 9.88. The van der Waals surface area contributed by atoms with Crippen molar-refractivity contribution in [1.29, 1.82) is 0 Å². The van der Waals surface area contributed by atoms with Crippen LogP contribution in [-0.4, -0.2) is 46.9 Å². The molecule has 0 spiro atoms. The van der Waals surface area contributed by atoms with Crippen molar-refractivity contribution >= 4 is 23.3 Å². The van der Waals surface area contributed by atoms with Gasteiger partial charge in [0.1, 0.15) is 5.60 Å². The Morgan fingerprint density at radius 3 is 2.15 bits per heavy atom. The summed E-state index contributed by atoms with van der Waals surface area (Å²) in [4.78, 5) is 36.8. The molecular formula is C27H40O7. The van der Waals surface area contributed by atoms with Crippen LogP contribution in [0.1, 0.15) is 96.5 Å². The zero-order chi connectivity index (χ0) is 25.9. The topological polar surface area (TPSA) is 99.1 Å². The van der Waals surface area contributed by atoms with Gasteiger partial charge in [-0.3, -0.25) is 9.59 Å². The molecular weight excluding hydrogens is 436 g/mol. The molecule has 0 aliphatic heterocycles. The largest absolute Gasteiger partial charge is 0.462 e. The number of benzene rings is 1. The maximum Gasteiger partial charge on any atom is 0.338 e. The second-order valence-corrected chi connectivity index (χ2v) is 9.88. The van der Waals surface area contributed by atoms with Gasteiger partial charge in [-0.15, -0.1) is 0 Å². The van der Waals surface area contributed by atoms with E-state index in [2.05, 4.69) is 0 Å². The van der Waals surface area contributed by atoms with E-state index < -0.39 is 23.5 Å². The van der Waals surface area contributed by atoms with Crippen molar-refractivity contribution < 1.29 is 33.7 Å². The molecule has 0 bridgehead atoms. The lowest BCUT2D eigenvalue weighted by Crippen LogP contribution is -2.34. The summed E-state index contributed by atoms with van der Waals surface area (Å²) in [5.41, 5.74) is 1.40. The molecule has 1 N–H and O–H groups in total. The molecule has 190 valence electrons. The first-order valence-electron chi connectivity index (χ1n) is 11.8. The summed E-state index contributed by atoms with van der Waals surface area (Å²) in [6.07, 6.45) is 2.99. The summed E-state index contributed by atoms with van der Waals surface area (Å²) < 4.78 is 16.1. The molecule has 0 heterocycles. The van der Waals surface area contributed by atoms with Gasteiger partial charge >= 0.3 is 11.9 Å². The van der Waals surface area contributed by atoms with Crippen LogP contribution in [0.25, 0.3) is 5.57 Å². The van der Waals surface area contributed by atoms with Gasteiger partial charge in [0.25, 0.3) is 0 Å². The second kappa shape index (κ2) is 13.4. The molecule has 7 nitrogen and oxygen atoms in total. The van der Waals surface area contributed by atoms with Crippen molar-refractivity contribution in [3.05, 3.63) is 41.5 Å². The summed E-state index contributed by atoms with van der Waals surface area (Å²) in [6, 6.07) is 6.91. The highest BCUT2D eigenvalue weighted by Gasteiger charge is 2.26. The molecule has 34 heavy (non-hydrogen) atoms. The molecule has 0 fully saturated rings. The molecule has 0 radical (unpaired) electrons. The van der Waals surface area contributed by atoms with E-state index in [0.29, 0.717) is 12.2 Å². The Morgan fingerprint density at radius 2 is 1.62 bits per heavy atom. The van der Waals surface area contributed by atoms with Crippen LogP contribution in [0.5, 0.6) is 0 Å². The summed E-state index contributed by atoms with van der Waals surface area (Å²) >= 11 is 0. The Morgan fingerprint density at radius 1 is 1.03 bits per heavy atom. The Labute approximate surface area is 203 Å². The number of carbonyl (C=O) groups is 3. The van der Waals surface area contributed by atoms with E-state index in [1.54, 1.807) is 45.0 Å². The highest BCUT2D eigenvalue weighted by Crippen LogP contribution is 2.20. The van der Waals surface area contributed by atoms with E-state index >= 15 is 0 Å². The van der Waals surface area contributed by atoms with Gasteiger partial charge in [0, 0.05) is 6.42 Å². The molecule has 0 unspecified atom stereocenters. The molecule has 1 atom stereocenters. The standard InChI is InChI=1S/C27H40O7/c1-8-9-16-32-25(30)21-12-10-20(11-13-21)19(2)17-22(28)14-15-23(33-27(6,7)31)18-24(29)34-26(3,4)5/h10-13,17,23,31H,8-9,14-16,18H2,1-7H3/b19-17+/t23-/m1/s1. The van der Waals surface area contributed by atoms with Crippen LogP contribution in [0.2, 0.25) is 0 Å². The Hall–Kier alpha value is -2.51.